The summed E-state index contributed by atoms with van der Waals surface area (Å²) in [6.07, 6.45) is 2.33. The Kier molecular flexibility index (Phi) is 4.98. The Hall–Kier alpha value is -2.10. The van der Waals surface area contributed by atoms with Crippen molar-refractivity contribution in [2.45, 2.75) is 31.0 Å². The smallest absolute Gasteiger partial charge is 0.228 e. The largest absolute Gasteiger partial charge is 0.248 e. The molecule has 0 saturated heterocycles. The van der Waals surface area contributed by atoms with Gasteiger partial charge in [-0.1, -0.05) is 38.1 Å². The van der Waals surface area contributed by atoms with Gasteiger partial charge in [-0.3, -0.25) is 0 Å². The number of hydrogen-bond acceptors (Lipinski definition) is 6. The molecule has 1 aromatic carbocycles. The summed E-state index contributed by atoms with van der Waals surface area (Å²) in [7, 11) is -3.80. The minimum atomic E-state index is -3.80. The molecule has 7 nitrogen and oxygen atoms in total. The molecular formula is C16H19N5O2S2. The van der Waals surface area contributed by atoms with Crippen molar-refractivity contribution in [2.75, 3.05) is 0 Å². The Labute approximate surface area is 150 Å². The Morgan fingerprint density at radius 3 is 2.64 bits per heavy atom. The van der Waals surface area contributed by atoms with Crippen LogP contribution in [0.15, 0.2) is 40.9 Å². The van der Waals surface area contributed by atoms with Crippen LogP contribution >= 0.6 is 11.3 Å². The molecule has 0 aliphatic rings. The number of tetrazole rings is 1. The van der Waals surface area contributed by atoms with Crippen LogP contribution in [-0.4, -0.2) is 28.6 Å². The van der Waals surface area contributed by atoms with E-state index in [-0.39, 0.29) is 4.21 Å². The zero-order valence-electron chi connectivity index (χ0n) is 14.0. The first-order valence-corrected chi connectivity index (χ1v) is 10.2. The lowest BCUT2D eigenvalue weighted by Gasteiger charge is -2.09. The number of nitrogens with two attached hydrogens (primary N) is 1. The molecule has 0 saturated carbocycles. The molecule has 0 amide bonds. The molecule has 132 valence electrons. The number of rotatable bonds is 6. The second-order valence-electron chi connectivity index (χ2n) is 6.22. The van der Waals surface area contributed by atoms with E-state index in [4.69, 9.17) is 5.14 Å². The molecule has 0 atom stereocenters. The van der Waals surface area contributed by atoms with Crippen LogP contribution in [0.5, 0.6) is 0 Å². The Morgan fingerprint density at radius 2 is 2.00 bits per heavy atom. The highest BCUT2D eigenvalue weighted by Gasteiger charge is 2.22. The van der Waals surface area contributed by atoms with Gasteiger partial charge < -0.3 is 0 Å². The van der Waals surface area contributed by atoms with E-state index in [9.17, 15) is 8.42 Å². The van der Waals surface area contributed by atoms with E-state index >= 15 is 0 Å². The predicted molar refractivity (Wildman–Crippen MR) is 96.6 cm³/mol. The maximum Gasteiger partial charge on any atom is 0.248 e. The molecule has 2 heterocycles. The van der Waals surface area contributed by atoms with Gasteiger partial charge in [-0.2, -0.15) is 0 Å². The van der Waals surface area contributed by atoms with Gasteiger partial charge >= 0.3 is 0 Å². The third kappa shape index (κ3) is 4.12. The highest BCUT2D eigenvalue weighted by Crippen LogP contribution is 2.37. The topological polar surface area (TPSA) is 104 Å². The molecule has 0 spiro atoms. The molecule has 3 aromatic rings. The molecular weight excluding hydrogens is 358 g/mol. The fraction of sp³-hybridized carbons (Fsp3) is 0.312. The van der Waals surface area contributed by atoms with Crippen molar-refractivity contribution in [2.24, 2.45) is 11.1 Å². The van der Waals surface area contributed by atoms with E-state index in [0.717, 1.165) is 22.4 Å². The van der Waals surface area contributed by atoms with Gasteiger partial charge in [-0.15, -0.1) is 16.4 Å². The van der Waals surface area contributed by atoms with Crippen molar-refractivity contribution < 1.29 is 8.42 Å². The number of hydrogen-bond donors (Lipinski definition) is 1. The number of sulfonamides is 1. The van der Waals surface area contributed by atoms with Gasteiger partial charge in [0.25, 0.3) is 0 Å². The molecule has 2 N–H and O–H groups in total. The SMILES string of the molecule is CC(C)Cc1cc(-c2ccccc2Cn2cnnn2)c(S(N)(=O)=O)s1. The maximum absolute atomic E-state index is 12.1. The van der Waals surface area contributed by atoms with E-state index < -0.39 is 10.0 Å². The summed E-state index contributed by atoms with van der Waals surface area (Å²) in [6, 6.07) is 9.55. The van der Waals surface area contributed by atoms with Crippen molar-refractivity contribution in [3.05, 3.63) is 47.1 Å². The molecule has 9 heteroatoms. The van der Waals surface area contributed by atoms with E-state index in [1.807, 2.05) is 30.3 Å². The number of aromatic nitrogens is 4. The zero-order chi connectivity index (χ0) is 18.0. The van der Waals surface area contributed by atoms with E-state index in [2.05, 4.69) is 29.4 Å². The van der Waals surface area contributed by atoms with Crippen molar-refractivity contribution >= 4 is 21.4 Å². The highest BCUT2D eigenvalue weighted by atomic mass is 32.2. The minimum absolute atomic E-state index is 0.201. The van der Waals surface area contributed by atoms with Crippen LogP contribution in [0.4, 0.5) is 0 Å². The monoisotopic (exact) mass is 377 g/mol. The minimum Gasteiger partial charge on any atom is -0.228 e. The van der Waals surface area contributed by atoms with Gasteiger partial charge in [0.05, 0.1) is 6.54 Å². The van der Waals surface area contributed by atoms with Crippen LogP contribution in [0.3, 0.4) is 0 Å². The molecule has 0 aliphatic carbocycles. The van der Waals surface area contributed by atoms with Crippen LogP contribution in [0.25, 0.3) is 11.1 Å². The number of benzene rings is 1. The lowest BCUT2D eigenvalue weighted by atomic mass is 10.0. The normalized spacial score (nSPS) is 12.0. The first-order chi connectivity index (χ1) is 11.8. The molecule has 0 unspecified atom stereocenters. The van der Waals surface area contributed by atoms with Gasteiger partial charge in [0.15, 0.2) is 0 Å². The van der Waals surface area contributed by atoms with Crippen LogP contribution in [-0.2, 0) is 23.0 Å². The van der Waals surface area contributed by atoms with Crippen LogP contribution in [0, 0.1) is 5.92 Å². The second-order valence-corrected chi connectivity index (χ2v) is 9.11. The molecule has 0 radical (unpaired) electrons. The molecule has 3 rings (SSSR count). The zero-order valence-corrected chi connectivity index (χ0v) is 15.6. The van der Waals surface area contributed by atoms with Crippen LogP contribution < -0.4 is 5.14 Å². The third-order valence-corrected chi connectivity index (χ3v) is 6.28. The summed E-state index contributed by atoms with van der Waals surface area (Å²) in [5, 5.41) is 16.6. The third-order valence-electron chi connectivity index (χ3n) is 3.65. The Balaban J connectivity index is 2.11. The molecule has 0 fully saturated rings. The Morgan fingerprint density at radius 1 is 1.24 bits per heavy atom. The fourth-order valence-corrected chi connectivity index (χ4v) is 5.05. The average Bonchev–Trinajstić information content (AvgIpc) is 3.16. The van der Waals surface area contributed by atoms with E-state index in [0.29, 0.717) is 18.0 Å². The summed E-state index contributed by atoms with van der Waals surface area (Å²) in [4.78, 5) is 1.01. The van der Waals surface area contributed by atoms with Gasteiger partial charge in [-0.25, -0.2) is 18.2 Å². The van der Waals surface area contributed by atoms with E-state index in [1.165, 1.54) is 17.7 Å². The standard InChI is InChI=1S/C16H19N5O2S2/c1-11(2)7-13-8-15(16(24-13)25(17,22)23)14-6-4-3-5-12(14)9-21-10-18-19-20-21/h3-6,8,10-11H,7,9H2,1-2H3,(H2,17,22,23). The second kappa shape index (κ2) is 7.03. The van der Waals surface area contributed by atoms with Crippen molar-refractivity contribution in [1.82, 2.24) is 20.2 Å². The van der Waals surface area contributed by atoms with Crippen molar-refractivity contribution in [3.63, 3.8) is 0 Å². The van der Waals surface area contributed by atoms with Crippen LogP contribution in [0.1, 0.15) is 24.3 Å². The molecule has 2 aromatic heterocycles. The lowest BCUT2D eigenvalue weighted by molar-refractivity contribution is 0.600. The average molecular weight is 377 g/mol. The van der Waals surface area contributed by atoms with Gasteiger partial charge in [0.2, 0.25) is 10.0 Å². The Bertz CT molecular complexity index is 962. The number of nitrogens with zero attached hydrogens (tertiary/aromatic N) is 4. The molecule has 25 heavy (non-hydrogen) atoms. The van der Waals surface area contributed by atoms with E-state index in [1.54, 1.807) is 4.68 Å². The summed E-state index contributed by atoms with van der Waals surface area (Å²) in [6.45, 7) is 4.64. The van der Waals surface area contributed by atoms with Crippen LogP contribution in [0.2, 0.25) is 0 Å². The summed E-state index contributed by atoms with van der Waals surface area (Å²) < 4.78 is 26.0. The molecule has 0 aliphatic heterocycles. The summed E-state index contributed by atoms with van der Waals surface area (Å²) in [5.74, 6) is 0.427. The first-order valence-electron chi connectivity index (χ1n) is 7.79. The quantitative estimate of drug-likeness (QED) is 0.710. The van der Waals surface area contributed by atoms with Gasteiger partial charge in [0.1, 0.15) is 10.5 Å². The lowest BCUT2D eigenvalue weighted by Crippen LogP contribution is -2.11. The summed E-state index contributed by atoms with van der Waals surface area (Å²) in [5.41, 5.74) is 2.40. The number of thiophene rings is 1. The molecule has 0 bridgehead atoms. The highest BCUT2D eigenvalue weighted by molar-refractivity contribution is 7.91. The maximum atomic E-state index is 12.1. The van der Waals surface area contributed by atoms with Gasteiger partial charge in [0, 0.05) is 10.4 Å². The van der Waals surface area contributed by atoms with Crippen molar-refractivity contribution in [3.8, 4) is 11.1 Å². The summed E-state index contributed by atoms with van der Waals surface area (Å²) >= 11 is 1.25. The first kappa shape index (κ1) is 17.7. The number of primary sulfonamides is 1. The van der Waals surface area contributed by atoms with Gasteiger partial charge in [-0.05, 0) is 40.0 Å². The predicted octanol–water partition coefficient (Wildman–Crippen LogP) is 2.30. The van der Waals surface area contributed by atoms with Crippen molar-refractivity contribution in [1.29, 1.82) is 0 Å². The fourth-order valence-electron chi connectivity index (χ4n) is 2.67.